The van der Waals surface area contributed by atoms with Crippen molar-refractivity contribution in [3.8, 4) is 0 Å². The molecule has 0 fully saturated rings. The molecule has 0 aromatic heterocycles. The van der Waals surface area contributed by atoms with Crippen LogP contribution in [0.25, 0.3) is 6.08 Å². The Hall–Kier alpha value is -1.20. The van der Waals surface area contributed by atoms with Crippen LogP contribution >= 0.6 is 0 Å². The molecule has 80 valence electrons. The highest BCUT2D eigenvalue weighted by atomic mass is 32.2. The number of ether oxygens (including phenoxy) is 1. The first-order valence-corrected chi connectivity index (χ1v) is 5.79. The van der Waals surface area contributed by atoms with E-state index < -0.39 is 15.7 Å². The van der Waals surface area contributed by atoms with Gasteiger partial charge in [0.25, 0.3) is 0 Å². The lowest BCUT2D eigenvalue weighted by Crippen LogP contribution is -2.07. The molecule has 1 aromatic carbocycles. The van der Waals surface area contributed by atoms with Crippen molar-refractivity contribution in [3.05, 3.63) is 34.5 Å². The highest BCUT2D eigenvalue weighted by Gasteiger charge is 2.32. The summed E-state index contributed by atoms with van der Waals surface area (Å²) in [5.74, 6) is -0.713. The van der Waals surface area contributed by atoms with Crippen LogP contribution in [-0.2, 0) is 14.6 Å². The van der Waals surface area contributed by atoms with E-state index in [0.717, 1.165) is 6.07 Å². The molecular formula is C10H9FO3S. The third-order valence-electron chi connectivity index (χ3n) is 2.21. The van der Waals surface area contributed by atoms with Gasteiger partial charge in [-0.05, 0) is 17.7 Å². The molecule has 0 N–H and O–H groups in total. The molecule has 0 unspecified atom stereocenters. The zero-order valence-corrected chi connectivity index (χ0v) is 8.84. The van der Waals surface area contributed by atoms with Gasteiger partial charge in [-0.2, -0.15) is 0 Å². The van der Waals surface area contributed by atoms with E-state index in [1.807, 2.05) is 0 Å². The summed E-state index contributed by atoms with van der Waals surface area (Å²) < 4.78 is 41.7. The second-order valence-electron chi connectivity index (χ2n) is 3.21. The second kappa shape index (κ2) is 3.43. The van der Waals surface area contributed by atoms with Crippen molar-refractivity contribution >= 4 is 15.9 Å². The van der Waals surface area contributed by atoms with Gasteiger partial charge in [-0.25, -0.2) is 12.8 Å². The van der Waals surface area contributed by atoms with E-state index >= 15 is 0 Å². The molecule has 0 saturated carbocycles. The smallest absolute Gasteiger partial charge is 0.208 e. The van der Waals surface area contributed by atoms with Crippen LogP contribution in [0.1, 0.15) is 5.56 Å². The Labute approximate surface area is 87.1 Å². The van der Waals surface area contributed by atoms with Gasteiger partial charge in [0.05, 0.1) is 11.5 Å². The summed E-state index contributed by atoms with van der Waals surface area (Å²) in [7, 11) is -2.28. The summed E-state index contributed by atoms with van der Waals surface area (Å²) in [4.78, 5) is -0.137. The molecule has 1 heterocycles. The number of rotatable bonds is 2. The first kappa shape index (κ1) is 10.3. The van der Waals surface area contributed by atoms with Crippen molar-refractivity contribution in [2.75, 3.05) is 13.7 Å². The summed E-state index contributed by atoms with van der Waals surface area (Å²) in [6.45, 7) is -0.0313. The van der Waals surface area contributed by atoms with E-state index in [4.69, 9.17) is 4.74 Å². The topological polar surface area (TPSA) is 43.4 Å². The summed E-state index contributed by atoms with van der Waals surface area (Å²) in [6.07, 6.45) is 1.44. The molecule has 0 atom stereocenters. The van der Waals surface area contributed by atoms with Gasteiger partial charge < -0.3 is 4.74 Å². The first-order chi connectivity index (χ1) is 7.07. The molecular weight excluding hydrogens is 219 g/mol. The number of hydrogen-bond acceptors (Lipinski definition) is 3. The Morgan fingerprint density at radius 3 is 2.73 bits per heavy atom. The Bertz CT molecular complexity index is 532. The van der Waals surface area contributed by atoms with Crippen molar-refractivity contribution in [2.24, 2.45) is 0 Å². The predicted octanol–water partition coefficient (Wildman–Crippen LogP) is 1.60. The molecule has 0 saturated heterocycles. The molecule has 2 rings (SSSR count). The van der Waals surface area contributed by atoms with Crippen LogP contribution in [0.15, 0.2) is 28.0 Å². The van der Waals surface area contributed by atoms with E-state index in [2.05, 4.69) is 0 Å². The summed E-state index contributed by atoms with van der Waals surface area (Å²) in [5, 5.41) is 0. The fraction of sp³-hybridized carbons (Fsp3) is 0.200. The third-order valence-corrected chi connectivity index (χ3v) is 4.11. The van der Waals surface area contributed by atoms with Gasteiger partial charge in [0, 0.05) is 7.11 Å². The molecule has 0 bridgehead atoms. The van der Waals surface area contributed by atoms with Crippen LogP contribution in [0.4, 0.5) is 4.39 Å². The number of sulfone groups is 1. The van der Waals surface area contributed by atoms with Gasteiger partial charge in [0.15, 0.2) is 0 Å². The van der Waals surface area contributed by atoms with Crippen LogP contribution in [0, 0.1) is 5.82 Å². The van der Waals surface area contributed by atoms with Crippen LogP contribution in [0.3, 0.4) is 0 Å². The normalized spacial score (nSPS) is 17.3. The van der Waals surface area contributed by atoms with E-state index in [9.17, 15) is 12.8 Å². The van der Waals surface area contributed by atoms with Crippen molar-refractivity contribution in [1.82, 2.24) is 0 Å². The highest BCUT2D eigenvalue weighted by Crippen LogP contribution is 2.34. The number of hydrogen-bond donors (Lipinski definition) is 0. The zero-order chi connectivity index (χ0) is 11.1. The molecule has 1 aromatic rings. The first-order valence-electron chi connectivity index (χ1n) is 4.30. The Balaban J connectivity index is 2.64. The van der Waals surface area contributed by atoms with E-state index in [1.165, 1.54) is 19.3 Å². The Morgan fingerprint density at radius 2 is 2.13 bits per heavy atom. The average molecular weight is 228 g/mol. The van der Waals surface area contributed by atoms with Crippen molar-refractivity contribution in [3.63, 3.8) is 0 Å². The number of halogens is 1. The summed E-state index contributed by atoms with van der Waals surface area (Å²) in [6, 6.07) is 4.19. The lowest BCUT2D eigenvalue weighted by Gasteiger charge is -2.02. The minimum atomic E-state index is -3.68. The van der Waals surface area contributed by atoms with Crippen molar-refractivity contribution < 1.29 is 17.5 Å². The lowest BCUT2D eigenvalue weighted by atomic mass is 10.2. The maximum atomic E-state index is 13.3. The van der Waals surface area contributed by atoms with Gasteiger partial charge in [-0.15, -0.1) is 0 Å². The van der Waals surface area contributed by atoms with Crippen molar-refractivity contribution in [1.29, 1.82) is 0 Å². The standard InChI is InChI=1S/C10H9FO3S/c1-14-6-8-5-7-3-2-4-9(11)10(7)15(8,12)13/h2-5H,6H2,1H3. The van der Waals surface area contributed by atoms with E-state index in [1.54, 1.807) is 6.07 Å². The van der Waals surface area contributed by atoms with Gasteiger partial charge in [0.2, 0.25) is 9.84 Å². The third kappa shape index (κ3) is 1.48. The second-order valence-corrected chi connectivity index (χ2v) is 5.14. The fourth-order valence-electron chi connectivity index (χ4n) is 1.57. The molecule has 0 radical (unpaired) electrons. The Kier molecular flexibility index (Phi) is 2.36. The van der Waals surface area contributed by atoms with E-state index in [-0.39, 0.29) is 16.4 Å². The Morgan fingerprint density at radius 1 is 1.40 bits per heavy atom. The summed E-state index contributed by atoms with van der Waals surface area (Å²) in [5.41, 5.74) is 0.391. The minimum absolute atomic E-state index is 0.0313. The molecule has 15 heavy (non-hydrogen) atoms. The molecule has 5 heteroatoms. The van der Waals surface area contributed by atoms with Gasteiger partial charge in [-0.3, -0.25) is 0 Å². The molecule has 0 spiro atoms. The molecule has 1 aliphatic rings. The number of methoxy groups -OCH3 is 1. The number of benzene rings is 1. The van der Waals surface area contributed by atoms with Crippen molar-refractivity contribution in [2.45, 2.75) is 4.90 Å². The van der Waals surface area contributed by atoms with Gasteiger partial charge in [-0.1, -0.05) is 12.1 Å². The monoisotopic (exact) mass is 228 g/mol. The van der Waals surface area contributed by atoms with Crippen LogP contribution < -0.4 is 0 Å². The maximum absolute atomic E-state index is 13.3. The molecule has 1 aliphatic heterocycles. The van der Waals surface area contributed by atoms with Crippen LogP contribution in [0.2, 0.25) is 0 Å². The predicted molar refractivity (Wildman–Crippen MR) is 53.4 cm³/mol. The molecule has 3 nitrogen and oxygen atoms in total. The zero-order valence-electron chi connectivity index (χ0n) is 8.03. The SMILES string of the molecule is COCC1=Cc2cccc(F)c2S1(=O)=O. The lowest BCUT2D eigenvalue weighted by molar-refractivity contribution is 0.231. The number of fused-ring (bicyclic) bond motifs is 1. The minimum Gasteiger partial charge on any atom is -0.379 e. The quantitative estimate of drug-likeness (QED) is 0.772. The largest absolute Gasteiger partial charge is 0.379 e. The van der Waals surface area contributed by atoms with Crippen LogP contribution in [0.5, 0.6) is 0 Å². The average Bonchev–Trinajstić information content (AvgIpc) is 2.40. The molecule has 0 aliphatic carbocycles. The fourth-order valence-corrected chi connectivity index (χ4v) is 3.15. The highest BCUT2D eigenvalue weighted by molar-refractivity contribution is 7.95. The van der Waals surface area contributed by atoms with E-state index in [0.29, 0.717) is 5.56 Å². The molecule has 0 amide bonds. The van der Waals surface area contributed by atoms with Gasteiger partial charge in [0.1, 0.15) is 10.7 Å². The summed E-state index contributed by atoms with van der Waals surface area (Å²) >= 11 is 0. The van der Waals surface area contributed by atoms with Gasteiger partial charge >= 0.3 is 0 Å². The van der Waals surface area contributed by atoms with Crippen LogP contribution in [-0.4, -0.2) is 22.1 Å². The maximum Gasteiger partial charge on any atom is 0.208 e.